The first-order chi connectivity index (χ1) is 9.70. The van der Waals surface area contributed by atoms with E-state index in [1.165, 1.54) is 11.8 Å². The zero-order chi connectivity index (χ0) is 14.4. The molecule has 0 atom stereocenters. The first-order valence-electron chi connectivity index (χ1n) is 6.30. The first-order valence-corrected chi connectivity index (χ1v) is 7.29. The van der Waals surface area contributed by atoms with Crippen molar-refractivity contribution >= 4 is 29.2 Å². The number of ketones is 1. The zero-order valence-electron chi connectivity index (χ0n) is 11.1. The molecule has 7 heteroatoms. The highest BCUT2D eigenvalue weighted by Crippen LogP contribution is 2.17. The van der Waals surface area contributed by atoms with Crippen molar-refractivity contribution in [2.75, 3.05) is 12.4 Å². The van der Waals surface area contributed by atoms with E-state index in [4.69, 9.17) is 4.74 Å². The van der Waals surface area contributed by atoms with Gasteiger partial charge in [0, 0.05) is 12.6 Å². The normalized spacial score (nSPS) is 10.7. The van der Waals surface area contributed by atoms with Crippen LogP contribution in [0.5, 0.6) is 0 Å². The summed E-state index contributed by atoms with van der Waals surface area (Å²) in [6, 6.07) is 5.60. The van der Waals surface area contributed by atoms with E-state index < -0.39 is 0 Å². The Morgan fingerprint density at radius 3 is 2.95 bits per heavy atom. The van der Waals surface area contributed by atoms with Crippen LogP contribution in [0.1, 0.15) is 19.8 Å². The Morgan fingerprint density at radius 1 is 1.30 bits per heavy atom. The number of aromatic nitrogens is 3. The quantitative estimate of drug-likeness (QED) is 0.572. The molecule has 106 valence electrons. The number of esters is 1. The van der Waals surface area contributed by atoms with Crippen molar-refractivity contribution in [2.24, 2.45) is 0 Å². The average molecular weight is 293 g/mol. The number of nitrogens with zero attached hydrogens (tertiary/aromatic N) is 3. The molecule has 0 aliphatic rings. The minimum atomic E-state index is -0.334. The fourth-order valence-electron chi connectivity index (χ4n) is 1.61. The molecule has 2 rings (SSSR count). The first kappa shape index (κ1) is 14.5. The summed E-state index contributed by atoms with van der Waals surface area (Å²) in [4.78, 5) is 22.8. The molecule has 0 bridgehead atoms. The maximum absolute atomic E-state index is 11.7. The lowest BCUT2D eigenvalue weighted by Crippen LogP contribution is -2.09. The summed E-state index contributed by atoms with van der Waals surface area (Å²) < 4.78 is 6.60. The number of Topliss-reactive ketones (excluding diaryl/α,β-unsaturated/α-hetero) is 1. The molecule has 0 radical (unpaired) electrons. The van der Waals surface area contributed by atoms with E-state index >= 15 is 0 Å². The molecule has 0 amide bonds. The largest absolute Gasteiger partial charge is 0.466 e. The highest BCUT2D eigenvalue weighted by molar-refractivity contribution is 7.99. The molecule has 0 saturated carbocycles. The van der Waals surface area contributed by atoms with Crippen LogP contribution in [-0.4, -0.2) is 38.7 Å². The maximum atomic E-state index is 11.7. The molecular weight excluding hydrogens is 278 g/mol. The molecule has 0 aromatic carbocycles. The summed E-state index contributed by atoms with van der Waals surface area (Å²) in [5, 5.41) is 8.70. The van der Waals surface area contributed by atoms with Gasteiger partial charge in [-0.2, -0.15) is 0 Å². The van der Waals surface area contributed by atoms with Gasteiger partial charge in [-0.1, -0.05) is 17.8 Å². The lowest BCUT2D eigenvalue weighted by molar-refractivity contribution is -0.144. The Balaban J connectivity index is 1.83. The van der Waals surface area contributed by atoms with Gasteiger partial charge < -0.3 is 4.74 Å². The van der Waals surface area contributed by atoms with Gasteiger partial charge in [0.05, 0.1) is 18.8 Å². The van der Waals surface area contributed by atoms with Gasteiger partial charge in [-0.3, -0.25) is 14.0 Å². The van der Waals surface area contributed by atoms with Gasteiger partial charge in [0.1, 0.15) is 5.78 Å². The minimum Gasteiger partial charge on any atom is -0.466 e. The fraction of sp³-hybridized carbons (Fsp3) is 0.385. The van der Waals surface area contributed by atoms with Crippen LogP contribution in [0.25, 0.3) is 5.65 Å². The number of fused-ring (bicyclic) bond motifs is 1. The molecule has 2 heterocycles. The van der Waals surface area contributed by atoms with Crippen LogP contribution < -0.4 is 0 Å². The van der Waals surface area contributed by atoms with Gasteiger partial charge in [0.15, 0.2) is 10.8 Å². The van der Waals surface area contributed by atoms with Crippen LogP contribution >= 0.6 is 11.8 Å². The second-order valence-corrected chi connectivity index (χ2v) is 4.99. The minimum absolute atomic E-state index is 0.00395. The van der Waals surface area contributed by atoms with Gasteiger partial charge >= 0.3 is 5.97 Å². The molecule has 0 aliphatic heterocycles. The van der Waals surface area contributed by atoms with Crippen LogP contribution in [0, 0.1) is 0 Å². The summed E-state index contributed by atoms with van der Waals surface area (Å²) >= 11 is 1.32. The van der Waals surface area contributed by atoms with Crippen molar-refractivity contribution in [3.63, 3.8) is 0 Å². The summed E-state index contributed by atoms with van der Waals surface area (Å²) in [6.07, 6.45) is 2.18. The van der Waals surface area contributed by atoms with Crippen molar-refractivity contribution in [3.8, 4) is 0 Å². The van der Waals surface area contributed by atoms with Gasteiger partial charge in [0.25, 0.3) is 0 Å². The van der Waals surface area contributed by atoms with Crippen LogP contribution in [0.4, 0.5) is 0 Å². The second-order valence-electron chi connectivity index (χ2n) is 4.04. The summed E-state index contributed by atoms with van der Waals surface area (Å²) in [5.41, 5.74) is 0.744. The Kier molecular flexibility index (Phi) is 5.11. The molecule has 0 fully saturated rings. The zero-order valence-corrected chi connectivity index (χ0v) is 11.9. The molecule has 2 aromatic heterocycles. The lowest BCUT2D eigenvalue weighted by atomic mass is 10.2. The topological polar surface area (TPSA) is 73.6 Å². The number of rotatable bonds is 7. The number of thioether (sulfide) groups is 1. The predicted octanol–water partition coefficient (Wildman–Crippen LogP) is 1.73. The smallest absolute Gasteiger partial charge is 0.306 e. The Labute approximate surface area is 120 Å². The SMILES string of the molecule is CCOC(=O)CCC(=O)CSc1nnc2ccccn12. The van der Waals surface area contributed by atoms with Gasteiger partial charge in [-0.25, -0.2) is 0 Å². The molecule has 0 aliphatic carbocycles. The number of ether oxygens (including phenoxy) is 1. The number of hydrogen-bond acceptors (Lipinski definition) is 6. The molecule has 6 nitrogen and oxygen atoms in total. The maximum Gasteiger partial charge on any atom is 0.306 e. The highest BCUT2D eigenvalue weighted by Gasteiger charge is 2.11. The molecule has 20 heavy (non-hydrogen) atoms. The Bertz CT molecular complexity index is 612. The van der Waals surface area contributed by atoms with Crippen molar-refractivity contribution in [1.82, 2.24) is 14.6 Å². The van der Waals surface area contributed by atoms with Gasteiger partial charge in [0.2, 0.25) is 0 Å². The standard InChI is InChI=1S/C13H15N3O3S/c1-2-19-12(18)7-6-10(17)9-20-13-15-14-11-5-3-4-8-16(11)13/h3-5,8H,2,6-7,9H2,1H3. The predicted molar refractivity (Wildman–Crippen MR) is 74.6 cm³/mol. The van der Waals surface area contributed by atoms with E-state index in [1.807, 2.05) is 28.8 Å². The molecule has 0 unspecified atom stereocenters. The van der Waals surface area contributed by atoms with Crippen molar-refractivity contribution in [2.45, 2.75) is 24.9 Å². The van der Waals surface area contributed by atoms with Gasteiger partial charge in [-0.05, 0) is 19.1 Å². The number of pyridine rings is 1. The van der Waals surface area contributed by atoms with Crippen LogP contribution in [-0.2, 0) is 14.3 Å². The Morgan fingerprint density at radius 2 is 2.15 bits per heavy atom. The van der Waals surface area contributed by atoms with Crippen molar-refractivity contribution < 1.29 is 14.3 Å². The molecule has 2 aromatic rings. The van der Waals surface area contributed by atoms with Crippen LogP contribution in [0.15, 0.2) is 29.6 Å². The Hall–Kier alpha value is -1.89. The average Bonchev–Trinajstić information content (AvgIpc) is 2.86. The molecular formula is C13H15N3O3S. The molecule has 0 saturated heterocycles. The highest BCUT2D eigenvalue weighted by atomic mass is 32.2. The van der Waals surface area contributed by atoms with Crippen LogP contribution in [0.3, 0.4) is 0 Å². The van der Waals surface area contributed by atoms with Crippen molar-refractivity contribution in [1.29, 1.82) is 0 Å². The van der Waals surface area contributed by atoms with Gasteiger partial charge in [-0.15, -0.1) is 10.2 Å². The summed E-state index contributed by atoms with van der Waals surface area (Å²) in [6.45, 7) is 2.08. The van der Waals surface area contributed by atoms with Crippen molar-refractivity contribution in [3.05, 3.63) is 24.4 Å². The van der Waals surface area contributed by atoms with E-state index in [2.05, 4.69) is 10.2 Å². The summed E-state index contributed by atoms with van der Waals surface area (Å²) in [5.74, 6) is -0.0655. The molecule has 0 spiro atoms. The third kappa shape index (κ3) is 3.80. The van der Waals surface area contributed by atoms with E-state index in [1.54, 1.807) is 6.92 Å². The number of carbonyl (C=O) groups excluding carboxylic acids is 2. The van der Waals surface area contributed by atoms with E-state index in [9.17, 15) is 9.59 Å². The van der Waals surface area contributed by atoms with E-state index in [0.29, 0.717) is 11.8 Å². The molecule has 0 N–H and O–H groups in total. The van der Waals surface area contributed by atoms with E-state index in [0.717, 1.165) is 5.65 Å². The monoisotopic (exact) mass is 293 g/mol. The number of hydrogen-bond donors (Lipinski definition) is 0. The second kappa shape index (κ2) is 7.04. The fourth-order valence-corrected chi connectivity index (χ4v) is 2.44. The third-order valence-electron chi connectivity index (χ3n) is 2.56. The van der Waals surface area contributed by atoms with E-state index in [-0.39, 0.29) is 30.3 Å². The lowest BCUT2D eigenvalue weighted by Gasteiger charge is -2.01. The summed E-state index contributed by atoms with van der Waals surface area (Å²) in [7, 11) is 0. The number of carbonyl (C=O) groups is 2. The van der Waals surface area contributed by atoms with Crippen LogP contribution in [0.2, 0.25) is 0 Å². The third-order valence-corrected chi connectivity index (χ3v) is 3.56.